The Morgan fingerprint density at radius 2 is 1.67 bits per heavy atom. The van der Waals surface area contributed by atoms with E-state index in [1.807, 2.05) is 0 Å². The van der Waals surface area contributed by atoms with Crippen molar-refractivity contribution >= 4 is 0 Å². The van der Waals surface area contributed by atoms with Crippen molar-refractivity contribution in [3.05, 3.63) is 10.1 Å². The first-order chi connectivity index (χ1) is 6.97. The van der Waals surface area contributed by atoms with Crippen LogP contribution in [0.3, 0.4) is 0 Å². The molecule has 8 heteroatoms. The Hall–Kier alpha value is -0.800. The van der Waals surface area contributed by atoms with Crippen molar-refractivity contribution in [1.82, 2.24) is 0 Å². The predicted octanol–water partition coefficient (Wildman–Crippen LogP) is -2.89. The van der Waals surface area contributed by atoms with Crippen LogP contribution in [0.25, 0.3) is 0 Å². The lowest BCUT2D eigenvalue weighted by Crippen LogP contribution is -2.60. The summed E-state index contributed by atoms with van der Waals surface area (Å²) in [5.41, 5.74) is 0. The molecule has 0 saturated carbocycles. The van der Waals surface area contributed by atoms with E-state index in [9.17, 15) is 25.4 Å². The van der Waals surface area contributed by atoms with Gasteiger partial charge in [-0.2, -0.15) is 0 Å². The van der Waals surface area contributed by atoms with Gasteiger partial charge in [0.1, 0.15) is 24.4 Å². The molecule has 1 rings (SSSR count). The second-order valence-corrected chi connectivity index (χ2v) is 3.38. The number of aliphatic hydroxyl groups excluding tert-OH is 4. The van der Waals surface area contributed by atoms with Gasteiger partial charge < -0.3 is 25.2 Å². The molecule has 1 fully saturated rings. The molecule has 1 aliphatic heterocycles. The molecular weight excluding hydrogens is 210 g/mol. The van der Waals surface area contributed by atoms with Crippen LogP contribution >= 0.6 is 0 Å². The highest BCUT2D eigenvalue weighted by Crippen LogP contribution is 2.21. The fraction of sp³-hybridized carbons (Fsp3) is 1.00. The molecule has 1 heterocycles. The summed E-state index contributed by atoms with van der Waals surface area (Å²) < 4.78 is 4.89. The molecule has 0 aromatic rings. The summed E-state index contributed by atoms with van der Waals surface area (Å²) in [5, 5.41) is 46.9. The Labute approximate surface area is 84.9 Å². The minimum Gasteiger partial charge on any atom is -0.394 e. The van der Waals surface area contributed by atoms with Crippen LogP contribution < -0.4 is 0 Å². The predicted molar refractivity (Wildman–Crippen MR) is 45.6 cm³/mol. The molecule has 0 radical (unpaired) electrons. The van der Waals surface area contributed by atoms with Crippen molar-refractivity contribution in [3.8, 4) is 0 Å². The summed E-state index contributed by atoms with van der Waals surface area (Å²) in [6, 6.07) is 0. The van der Waals surface area contributed by atoms with Crippen molar-refractivity contribution < 1.29 is 30.1 Å². The lowest BCUT2D eigenvalue weighted by molar-refractivity contribution is -0.499. The zero-order chi connectivity index (χ0) is 11.6. The van der Waals surface area contributed by atoms with Crippen LogP contribution in [0.15, 0.2) is 0 Å². The van der Waals surface area contributed by atoms with E-state index in [4.69, 9.17) is 9.84 Å². The standard InChI is InChI=1S/C7H13NO7/c9-2-4-6(11)7(12)5(10)3(15-4)1-8(13)14/h3-7,9-12H,1-2H2/t3?,4-,5-,6-,7-/m1/s1. The number of ether oxygens (including phenoxy) is 1. The average Bonchev–Trinajstić information content (AvgIpc) is 2.18. The Morgan fingerprint density at radius 3 is 2.13 bits per heavy atom. The van der Waals surface area contributed by atoms with E-state index in [1.54, 1.807) is 0 Å². The number of nitro groups is 1. The first-order valence-corrected chi connectivity index (χ1v) is 4.39. The first kappa shape index (κ1) is 12.3. The fourth-order valence-electron chi connectivity index (χ4n) is 1.48. The van der Waals surface area contributed by atoms with E-state index < -0.39 is 48.6 Å². The molecule has 0 bridgehead atoms. The second kappa shape index (κ2) is 4.81. The Morgan fingerprint density at radius 1 is 1.13 bits per heavy atom. The van der Waals surface area contributed by atoms with Crippen LogP contribution in [0.5, 0.6) is 0 Å². The van der Waals surface area contributed by atoms with E-state index in [-0.39, 0.29) is 0 Å². The smallest absolute Gasteiger partial charge is 0.232 e. The van der Waals surface area contributed by atoms with Crippen LogP contribution in [0.2, 0.25) is 0 Å². The van der Waals surface area contributed by atoms with E-state index >= 15 is 0 Å². The van der Waals surface area contributed by atoms with E-state index in [1.165, 1.54) is 0 Å². The van der Waals surface area contributed by atoms with Crippen LogP contribution in [-0.4, -0.2) is 69.0 Å². The Bertz CT molecular complexity index is 233. The van der Waals surface area contributed by atoms with Crippen LogP contribution in [-0.2, 0) is 4.74 Å². The van der Waals surface area contributed by atoms with Gasteiger partial charge in [-0.15, -0.1) is 0 Å². The minimum absolute atomic E-state index is 0.584. The quantitative estimate of drug-likeness (QED) is 0.298. The third-order valence-corrected chi connectivity index (χ3v) is 2.32. The molecule has 0 aliphatic carbocycles. The molecule has 15 heavy (non-hydrogen) atoms. The summed E-state index contributed by atoms with van der Waals surface area (Å²) in [6.45, 7) is -1.28. The van der Waals surface area contributed by atoms with Crippen molar-refractivity contribution in [2.45, 2.75) is 30.5 Å². The van der Waals surface area contributed by atoms with Gasteiger partial charge in [-0.1, -0.05) is 0 Å². The molecule has 88 valence electrons. The maximum absolute atomic E-state index is 10.2. The van der Waals surface area contributed by atoms with Gasteiger partial charge in [0.15, 0.2) is 6.10 Å². The number of hydrogen-bond acceptors (Lipinski definition) is 7. The number of aliphatic hydroxyl groups is 4. The molecule has 1 saturated heterocycles. The average molecular weight is 223 g/mol. The van der Waals surface area contributed by atoms with Gasteiger partial charge in [0, 0.05) is 4.92 Å². The lowest BCUT2D eigenvalue weighted by Gasteiger charge is -2.38. The van der Waals surface area contributed by atoms with Gasteiger partial charge >= 0.3 is 0 Å². The number of nitrogens with zero attached hydrogens (tertiary/aromatic N) is 1. The molecule has 1 aliphatic rings. The Balaban J connectivity index is 2.69. The highest BCUT2D eigenvalue weighted by Gasteiger charge is 2.45. The normalized spacial score (nSPS) is 41.5. The minimum atomic E-state index is -1.55. The molecule has 5 atom stereocenters. The largest absolute Gasteiger partial charge is 0.394 e. The molecule has 4 N–H and O–H groups in total. The summed E-state index contributed by atoms with van der Waals surface area (Å²) in [6.07, 6.45) is -6.88. The van der Waals surface area contributed by atoms with Crippen molar-refractivity contribution in [2.75, 3.05) is 13.2 Å². The van der Waals surface area contributed by atoms with Gasteiger partial charge in [0.2, 0.25) is 6.54 Å². The van der Waals surface area contributed by atoms with E-state index in [0.29, 0.717) is 0 Å². The maximum atomic E-state index is 10.2. The third-order valence-electron chi connectivity index (χ3n) is 2.32. The highest BCUT2D eigenvalue weighted by molar-refractivity contribution is 4.91. The Kier molecular flexibility index (Phi) is 3.94. The number of hydrogen-bond donors (Lipinski definition) is 4. The zero-order valence-corrected chi connectivity index (χ0v) is 7.76. The van der Waals surface area contributed by atoms with Gasteiger partial charge in [-0.25, -0.2) is 0 Å². The van der Waals surface area contributed by atoms with Gasteiger partial charge in [0.05, 0.1) is 6.61 Å². The summed E-state index contributed by atoms with van der Waals surface area (Å²) in [4.78, 5) is 9.50. The van der Waals surface area contributed by atoms with Gasteiger partial charge in [0.25, 0.3) is 0 Å². The lowest BCUT2D eigenvalue weighted by atomic mass is 9.95. The maximum Gasteiger partial charge on any atom is 0.232 e. The van der Waals surface area contributed by atoms with Gasteiger partial charge in [-0.05, 0) is 0 Å². The SMILES string of the molecule is O=[N+]([O-])CC1O[C@H](CO)[C@@H](O)[C@H](O)[C@@H]1O. The molecule has 0 amide bonds. The first-order valence-electron chi connectivity index (χ1n) is 4.39. The highest BCUT2D eigenvalue weighted by atomic mass is 16.6. The monoisotopic (exact) mass is 223 g/mol. The summed E-state index contributed by atoms with van der Waals surface area (Å²) in [7, 11) is 0. The summed E-state index contributed by atoms with van der Waals surface area (Å²) in [5.74, 6) is 0. The zero-order valence-electron chi connectivity index (χ0n) is 7.76. The molecule has 0 spiro atoms. The van der Waals surface area contributed by atoms with Crippen LogP contribution in [0.4, 0.5) is 0 Å². The van der Waals surface area contributed by atoms with Gasteiger partial charge in [-0.3, -0.25) is 10.1 Å². The molecule has 0 aromatic heterocycles. The third kappa shape index (κ3) is 2.61. The van der Waals surface area contributed by atoms with Crippen molar-refractivity contribution in [1.29, 1.82) is 0 Å². The van der Waals surface area contributed by atoms with Crippen molar-refractivity contribution in [2.24, 2.45) is 0 Å². The van der Waals surface area contributed by atoms with E-state index in [0.717, 1.165) is 0 Å². The van der Waals surface area contributed by atoms with Crippen molar-refractivity contribution in [3.63, 3.8) is 0 Å². The van der Waals surface area contributed by atoms with E-state index in [2.05, 4.69) is 0 Å². The second-order valence-electron chi connectivity index (χ2n) is 3.38. The number of rotatable bonds is 3. The molecule has 8 nitrogen and oxygen atoms in total. The molecular formula is C7H13NO7. The molecule has 1 unspecified atom stereocenters. The summed E-state index contributed by atoms with van der Waals surface area (Å²) >= 11 is 0. The fourth-order valence-corrected chi connectivity index (χ4v) is 1.48. The van der Waals surface area contributed by atoms with Crippen LogP contribution in [0.1, 0.15) is 0 Å². The van der Waals surface area contributed by atoms with Crippen LogP contribution in [0, 0.1) is 10.1 Å². The molecule has 0 aromatic carbocycles. The topological polar surface area (TPSA) is 133 Å².